The van der Waals surface area contributed by atoms with Crippen molar-refractivity contribution in [3.8, 4) is 11.5 Å². The zero-order valence-corrected chi connectivity index (χ0v) is 10.1. The van der Waals surface area contributed by atoms with Crippen LogP contribution in [0.3, 0.4) is 0 Å². The normalized spacial score (nSPS) is 11.1. The molecule has 17 heavy (non-hydrogen) atoms. The van der Waals surface area contributed by atoms with Crippen molar-refractivity contribution in [2.75, 3.05) is 5.73 Å². The summed E-state index contributed by atoms with van der Waals surface area (Å²) in [7, 11) is 0. The van der Waals surface area contributed by atoms with Crippen LogP contribution in [0.2, 0.25) is 0 Å². The molecule has 86 valence electrons. The van der Waals surface area contributed by atoms with Crippen molar-refractivity contribution in [3.63, 3.8) is 0 Å². The number of anilines is 1. The molecule has 0 spiro atoms. The van der Waals surface area contributed by atoms with Crippen molar-refractivity contribution in [1.82, 2.24) is 19.5 Å². The average molecular weight is 245 g/mol. The molecule has 0 saturated carbocycles. The summed E-state index contributed by atoms with van der Waals surface area (Å²) in [4.78, 5) is 12.9. The van der Waals surface area contributed by atoms with Crippen LogP contribution in [-0.2, 0) is 6.54 Å². The summed E-state index contributed by atoms with van der Waals surface area (Å²) in [5.41, 5.74) is 8.44. The zero-order valence-electron chi connectivity index (χ0n) is 9.29. The van der Waals surface area contributed by atoms with Crippen LogP contribution in [0.25, 0.3) is 22.6 Å². The highest BCUT2D eigenvalue weighted by atomic mass is 32.1. The van der Waals surface area contributed by atoms with Gasteiger partial charge in [-0.2, -0.15) is 0 Å². The number of hydrogen-bond acceptors (Lipinski definition) is 5. The molecule has 0 saturated heterocycles. The van der Waals surface area contributed by atoms with Crippen LogP contribution in [0.5, 0.6) is 0 Å². The molecule has 0 radical (unpaired) electrons. The van der Waals surface area contributed by atoms with Crippen LogP contribution in [0.1, 0.15) is 6.92 Å². The molecular formula is C11H11N5S. The summed E-state index contributed by atoms with van der Waals surface area (Å²) < 4.78 is 2.12. The van der Waals surface area contributed by atoms with E-state index in [1.54, 1.807) is 12.4 Å². The monoisotopic (exact) mass is 245 g/mol. The summed E-state index contributed by atoms with van der Waals surface area (Å²) >= 11 is 1.43. The van der Waals surface area contributed by atoms with Crippen LogP contribution in [0.4, 0.5) is 5.13 Å². The lowest BCUT2D eigenvalue weighted by Gasteiger charge is -2.02. The van der Waals surface area contributed by atoms with Gasteiger partial charge in [-0.1, -0.05) is 0 Å². The highest BCUT2D eigenvalue weighted by Crippen LogP contribution is 2.26. The molecule has 3 aromatic rings. The van der Waals surface area contributed by atoms with E-state index in [1.807, 2.05) is 11.4 Å². The average Bonchev–Trinajstić information content (AvgIpc) is 2.91. The molecule has 6 heteroatoms. The Morgan fingerprint density at radius 1 is 1.41 bits per heavy atom. The van der Waals surface area contributed by atoms with E-state index < -0.39 is 0 Å². The van der Waals surface area contributed by atoms with Gasteiger partial charge in [-0.25, -0.2) is 9.97 Å². The number of nitrogens with zero attached hydrogens (tertiary/aromatic N) is 4. The van der Waals surface area contributed by atoms with Gasteiger partial charge in [0, 0.05) is 18.1 Å². The number of nitrogen functional groups attached to an aromatic ring is 1. The molecule has 3 rings (SSSR count). The third-order valence-electron chi connectivity index (χ3n) is 2.62. The second kappa shape index (κ2) is 3.81. The van der Waals surface area contributed by atoms with Crippen molar-refractivity contribution in [3.05, 3.63) is 23.8 Å². The Morgan fingerprint density at radius 2 is 2.29 bits per heavy atom. The topological polar surface area (TPSA) is 69.6 Å². The predicted molar refractivity (Wildman–Crippen MR) is 68.7 cm³/mol. The van der Waals surface area contributed by atoms with Crippen LogP contribution in [0.15, 0.2) is 23.8 Å². The predicted octanol–water partition coefficient (Wildman–Crippen LogP) is 2.16. The molecule has 0 aliphatic carbocycles. The zero-order chi connectivity index (χ0) is 11.8. The van der Waals surface area contributed by atoms with Crippen LogP contribution in [-0.4, -0.2) is 19.5 Å². The second-order valence-electron chi connectivity index (χ2n) is 3.62. The molecule has 0 bridgehead atoms. The smallest absolute Gasteiger partial charge is 0.180 e. The highest BCUT2D eigenvalue weighted by molar-refractivity contribution is 7.13. The van der Waals surface area contributed by atoms with Gasteiger partial charge in [-0.3, -0.25) is 4.98 Å². The maximum absolute atomic E-state index is 5.66. The van der Waals surface area contributed by atoms with Crippen molar-refractivity contribution < 1.29 is 0 Å². The Bertz CT molecular complexity index is 669. The third kappa shape index (κ3) is 1.57. The van der Waals surface area contributed by atoms with Crippen LogP contribution in [0, 0.1) is 0 Å². The van der Waals surface area contributed by atoms with Gasteiger partial charge in [0.2, 0.25) is 0 Å². The first-order valence-corrected chi connectivity index (χ1v) is 6.19. The highest BCUT2D eigenvalue weighted by Gasteiger charge is 2.13. The van der Waals surface area contributed by atoms with Gasteiger partial charge in [0.25, 0.3) is 0 Å². The second-order valence-corrected chi connectivity index (χ2v) is 4.50. The maximum atomic E-state index is 5.66. The first kappa shape index (κ1) is 10.2. The fourth-order valence-corrected chi connectivity index (χ4v) is 2.43. The molecule has 0 fully saturated rings. The van der Waals surface area contributed by atoms with E-state index in [1.165, 1.54) is 11.3 Å². The number of hydrogen-bond donors (Lipinski definition) is 1. The summed E-state index contributed by atoms with van der Waals surface area (Å²) in [5.74, 6) is 0.850. The minimum Gasteiger partial charge on any atom is -0.375 e. The van der Waals surface area contributed by atoms with E-state index >= 15 is 0 Å². The summed E-state index contributed by atoms with van der Waals surface area (Å²) in [5, 5.41) is 2.49. The van der Waals surface area contributed by atoms with E-state index in [0.717, 1.165) is 29.1 Å². The molecule has 0 aliphatic rings. The Morgan fingerprint density at radius 3 is 3.00 bits per heavy atom. The molecule has 2 N–H and O–H groups in total. The van der Waals surface area contributed by atoms with Crippen molar-refractivity contribution in [2.24, 2.45) is 0 Å². The minimum atomic E-state index is 0.563. The lowest BCUT2D eigenvalue weighted by Crippen LogP contribution is -1.97. The number of aromatic nitrogens is 4. The summed E-state index contributed by atoms with van der Waals surface area (Å²) in [6.45, 7) is 2.92. The van der Waals surface area contributed by atoms with E-state index in [9.17, 15) is 0 Å². The van der Waals surface area contributed by atoms with Gasteiger partial charge >= 0.3 is 0 Å². The number of aryl methyl sites for hydroxylation is 1. The van der Waals surface area contributed by atoms with Gasteiger partial charge < -0.3 is 10.3 Å². The van der Waals surface area contributed by atoms with E-state index in [4.69, 9.17) is 5.73 Å². The number of imidazole rings is 1. The number of nitrogens with two attached hydrogens (primary N) is 1. The molecule has 0 aliphatic heterocycles. The lowest BCUT2D eigenvalue weighted by molar-refractivity contribution is 0.794. The molecule has 3 heterocycles. The first-order valence-electron chi connectivity index (χ1n) is 5.31. The van der Waals surface area contributed by atoms with Gasteiger partial charge in [0.15, 0.2) is 11.0 Å². The number of fused-ring (bicyclic) bond motifs is 1. The Balaban J connectivity index is 2.29. The molecule has 0 amide bonds. The largest absolute Gasteiger partial charge is 0.375 e. The quantitative estimate of drug-likeness (QED) is 0.751. The van der Waals surface area contributed by atoms with E-state index in [0.29, 0.717) is 5.13 Å². The SMILES string of the molecule is CCn1c(-c2csc(N)n2)nc2cnccc21. The lowest BCUT2D eigenvalue weighted by atomic mass is 10.4. The Hall–Kier alpha value is -1.95. The molecule has 0 atom stereocenters. The van der Waals surface area contributed by atoms with Crippen molar-refractivity contribution in [1.29, 1.82) is 0 Å². The maximum Gasteiger partial charge on any atom is 0.180 e. The molecule has 3 aromatic heterocycles. The fraction of sp³-hybridized carbons (Fsp3) is 0.182. The standard InChI is InChI=1S/C11H11N5S/c1-2-16-9-3-4-13-5-7(9)14-10(16)8-6-17-11(12)15-8/h3-6H,2H2,1H3,(H2,12,15). The number of thiazole rings is 1. The molecular weight excluding hydrogens is 234 g/mol. The van der Waals surface area contributed by atoms with E-state index in [-0.39, 0.29) is 0 Å². The summed E-state index contributed by atoms with van der Waals surface area (Å²) in [6.07, 6.45) is 3.54. The first-order chi connectivity index (χ1) is 8.29. The van der Waals surface area contributed by atoms with Crippen molar-refractivity contribution in [2.45, 2.75) is 13.5 Å². The van der Waals surface area contributed by atoms with Crippen LogP contribution < -0.4 is 5.73 Å². The van der Waals surface area contributed by atoms with Crippen LogP contribution >= 0.6 is 11.3 Å². The van der Waals surface area contributed by atoms with Gasteiger partial charge in [-0.05, 0) is 13.0 Å². The number of rotatable bonds is 2. The number of pyridine rings is 1. The Kier molecular flexibility index (Phi) is 2.29. The molecule has 0 aromatic carbocycles. The third-order valence-corrected chi connectivity index (χ3v) is 3.29. The molecule has 5 nitrogen and oxygen atoms in total. The molecule has 0 unspecified atom stereocenters. The van der Waals surface area contributed by atoms with Gasteiger partial charge in [0.1, 0.15) is 11.2 Å². The van der Waals surface area contributed by atoms with Gasteiger partial charge in [-0.15, -0.1) is 11.3 Å². The van der Waals surface area contributed by atoms with E-state index in [2.05, 4.69) is 26.4 Å². The van der Waals surface area contributed by atoms with Gasteiger partial charge in [0.05, 0.1) is 11.7 Å². The Labute approximate surface area is 102 Å². The fourth-order valence-electron chi connectivity index (χ4n) is 1.89. The summed E-state index contributed by atoms with van der Waals surface area (Å²) in [6, 6.07) is 1.96. The minimum absolute atomic E-state index is 0.563. The van der Waals surface area contributed by atoms with Crippen molar-refractivity contribution >= 4 is 27.5 Å².